The normalized spacial score (nSPS) is 16.1. The van der Waals surface area contributed by atoms with Crippen LogP contribution in [0.15, 0.2) is 18.2 Å². The van der Waals surface area contributed by atoms with Gasteiger partial charge in [-0.1, -0.05) is 0 Å². The number of ether oxygens (including phenoxy) is 2. The van der Waals surface area contributed by atoms with Crippen LogP contribution in [0.4, 0.5) is 5.69 Å². The van der Waals surface area contributed by atoms with Crippen LogP contribution in [0, 0.1) is 13.7 Å². The fraction of sp³-hybridized carbons (Fsp3) is 0.417. The Morgan fingerprint density at radius 1 is 1.42 bits per heavy atom. The lowest BCUT2D eigenvalue weighted by Crippen LogP contribution is -2.26. The van der Waals surface area contributed by atoms with Gasteiger partial charge in [0, 0.05) is 28.5 Å². The molecule has 0 spiro atoms. The van der Waals surface area contributed by atoms with Gasteiger partial charge in [0.05, 0.1) is 23.7 Å². The van der Waals surface area contributed by atoms with Crippen molar-refractivity contribution in [3.63, 3.8) is 0 Å². The minimum absolute atomic E-state index is 0.112. The molecule has 0 aliphatic carbocycles. The molecular weight excluding hydrogens is 365 g/mol. The van der Waals surface area contributed by atoms with Gasteiger partial charge in [0.2, 0.25) is 0 Å². The first-order valence-corrected chi connectivity index (χ1v) is 6.88. The molecule has 0 radical (unpaired) electrons. The third-order valence-electron chi connectivity index (χ3n) is 2.82. The van der Waals surface area contributed by atoms with E-state index in [1.54, 1.807) is 6.07 Å². The molecule has 1 aromatic carbocycles. The maximum atomic E-state index is 12.0. The molecule has 0 saturated carbocycles. The van der Waals surface area contributed by atoms with E-state index in [0.29, 0.717) is 29.6 Å². The van der Waals surface area contributed by atoms with Gasteiger partial charge >= 0.3 is 5.97 Å². The molecule has 19 heavy (non-hydrogen) atoms. The molecule has 0 amide bonds. The quantitative estimate of drug-likeness (QED) is 0.350. The van der Waals surface area contributed by atoms with Crippen LogP contribution in [0.25, 0.3) is 0 Å². The summed E-state index contributed by atoms with van der Waals surface area (Å²) in [4.78, 5) is 22.2. The maximum absolute atomic E-state index is 12.0. The number of nitro groups is 1. The Hall–Kier alpha value is -1.22. The van der Waals surface area contributed by atoms with Crippen molar-refractivity contribution >= 4 is 34.2 Å². The largest absolute Gasteiger partial charge is 0.459 e. The first kappa shape index (κ1) is 14.2. The Kier molecular flexibility index (Phi) is 4.70. The average molecular weight is 377 g/mol. The van der Waals surface area contributed by atoms with Crippen molar-refractivity contribution < 1.29 is 19.2 Å². The predicted molar refractivity (Wildman–Crippen MR) is 75.1 cm³/mol. The molecule has 2 rings (SSSR count). The highest BCUT2D eigenvalue weighted by atomic mass is 127. The number of rotatable bonds is 3. The standard InChI is InChI=1S/C12H12INO5/c13-11-2-1-8(14(16)17)7-10(11)12(15)19-9-3-5-18-6-4-9/h1-2,7,9H,3-6H2. The Morgan fingerprint density at radius 2 is 2.11 bits per heavy atom. The summed E-state index contributed by atoms with van der Waals surface area (Å²) in [5.41, 5.74) is 0.126. The zero-order valence-corrected chi connectivity index (χ0v) is 12.2. The number of nitro benzene ring substituents is 1. The Balaban J connectivity index is 2.13. The van der Waals surface area contributed by atoms with Crippen molar-refractivity contribution in [2.75, 3.05) is 13.2 Å². The lowest BCUT2D eigenvalue weighted by molar-refractivity contribution is -0.384. The minimum Gasteiger partial charge on any atom is -0.459 e. The smallest absolute Gasteiger partial charge is 0.339 e. The molecule has 6 nitrogen and oxygen atoms in total. The topological polar surface area (TPSA) is 78.7 Å². The molecule has 0 unspecified atom stereocenters. The number of non-ortho nitro benzene ring substituents is 1. The second kappa shape index (κ2) is 6.29. The van der Waals surface area contributed by atoms with Crippen LogP contribution in [0.3, 0.4) is 0 Å². The average Bonchev–Trinajstić information content (AvgIpc) is 2.40. The zero-order chi connectivity index (χ0) is 13.8. The second-order valence-electron chi connectivity index (χ2n) is 4.14. The first-order valence-electron chi connectivity index (χ1n) is 5.80. The first-order chi connectivity index (χ1) is 9.08. The van der Waals surface area contributed by atoms with E-state index in [1.165, 1.54) is 12.1 Å². The van der Waals surface area contributed by atoms with Crippen LogP contribution < -0.4 is 0 Å². The van der Waals surface area contributed by atoms with Crippen molar-refractivity contribution in [3.8, 4) is 0 Å². The van der Waals surface area contributed by atoms with Crippen LogP contribution in [-0.4, -0.2) is 30.2 Å². The van der Waals surface area contributed by atoms with Gasteiger partial charge in [-0.05, 0) is 28.7 Å². The summed E-state index contributed by atoms with van der Waals surface area (Å²) in [6, 6.07) is 4.16. The highest BCUT2D eigenvalue weighted by Gasteiger charge is 2.22. The van der Waals surface area contributed by atoms with Gasteiger partial charge in [0.15, 0.2) is 0 Å². The van der Waals surface area contributed by atoms with E-state index in [1.807, 2.05) is 22.6 Å². The van der Waals surface area contributed by atoms with Crippen LogP contribution in [0.1, 0.15) is 23.2 Å². The third kappa shape index (κ3) is 3.63. The highest BCUT2D eigenvalue weighted by Crippen LogP contribution is 2.22. The fourth-order valence-electron chi connectivity index (χ4n) is 1.79. The van der Waals surface area contributed by atoms with E-state index in [4.69, 9.17) is 9.47 Å². The summed E-state index contributed by atoms with van der Waals surface area (Å²) < 4.78 is 11.2. The van der Waals surface area contributed by atoms with Gasteiger partial charge in [-0.15, -0.1) is 0 Å². The number of halogens is 1. The molecule has 1 saturated heterocycles. The number of carbonyl (C=O) groups excluding carboxylic acids is 1. The fourth-order valence-corrected chi connectivity index (χ4v) is 2.35. The van der Waals surface area contributed by atoms with E-state index in [-0.39, 0.29) is 17.4 Å². The summed E-state index contributed by atoms with van der Waals surface area (Å²) >= 11 is 1.96. The van der Waals surface area contributed by atoms with Gasteiger partial charge in [-0.2, -0.15) is 0 Å². The van der Waals surface area contributed by atoms with Crippen LogP contribution in [0.2, 0.25) is 0 Å². The van der Waals surface area contributed by atoms with Crippen molar-refractivity contribution in [2.45, 2.75) is 18.9 Å². The maximum Gasteiger partial charge on any atom is 0.339 e. The third-order valence-corrected chi connectivity index (χ3v) is 3.76. The van der Waals surface area contributed by atoms with Gasteiger partial charge < -0.3 is 9.47 Å². The molecular formula is C12H12INO5. The summed E-state index contributed by atoms with van der Waals surface area (Å²) in [5, 5.41) is 10.7. The highest BCUT2D eigenvalue weighted by molar-refractivity contribution is 14.1. The van der Waals surface area contributed by atoms with Gasteiger partial charge in [0.25, 0.3) is 5.69 Å². The summed E-state index contributed by atoms with van der Waals surface area (Å²) in [6.07, 6.45) is 1.16. The van der Waals surface area contributed by atoms with E-state index in [0.717, 1.165) is 0 Å². The van der Waals surface area contributed by atoms with Crippen LogP contribution >= 0.6 is 22.6 Å². The summed E-state index contributed by atoms with van der Waals surface area (Å²) in [6.45, 7) is 1.15. The number of benzene rings is 1. The monoisotopic (exact) mass is 377 g/mol. The molecule has 0 N–H and O–H groups in total. The molecule has 102 valence electrons. The molecule has 0 atom stereocenters. The predicted octanol–water partition coefficient (Wildman–Crippen LogP) is 2.54. The van der Waals surface area contributed by atoms with E-state index in [9.17, 15) is 14.9 Å². The molecule has 0 bridgehead atoms. The number of esters is 1. The molecule has 1 aliphatic rings. The van der Waals surface area contributed by atoms with E-state index >= 15 is 0 Å². The van der Waals surface area contributed by atoms with Crippen LogP contribution in [0.5, 0.6) is 0 Å². The van der Waals surface area contributed by atoms with Gasteiger partial charge in [0.1, 0.15) is 6.10 Å². The van der Waals surface area contributed by atoms with Crippen molar-refractivity contribution in [3.05, 3.63) is 37.4 Å². The van der Waals surface area contributed by atoms with E-state index in [2.05, 4.69) is 0 Å². The minimum atomic E-state index is -0.526. The lowest BCUT2D eigenvalue weighted by Gasteiger charge is -2.22. The summed E-state index contributed by atoms with van der Waals surface area (Å²) in [5.74, 6) is -0.514. The SMILES string of the molecule is O=C(OC1CCOCC1)c1cc([N+](=O)[O-])ccc1I. The number of nitrogens with zero attached hydrogens (tertiary/aromatic N) is 1. The van der Waals surface area contributed by atoms with Crippen molar-refractivity contribution in [1.82, 2.24) is 0 Å². The molecule has 1 fully saturated rings. The molecule has 1 aliphatic heterocycles. The van der Waals surface area contributed by atoms with Crippen molar-refractivity contribution in [2.24, 2.45) is 0 Å². The lowest BCUT2D eigenvalue weighted by atomic mass is 10.1. The molecule has 7 heteroatoms. The Bertz CT molecular complexity index is 499. The number of hydrogen-bond acceptors (Lipinski definition) is 5. The van der Waals surface area contributed by atoms with Gasteiger partial charge in [-0.3, -0.25) is 10.1 Å². The molecule has 1 heterocycles. The van der Waals surface area contributed by atoms with E-state index < -0.39 is 10.9 Å². The number of carbonyl (C=O) groups is 1. The zero-order valence-electron chi connectivity index (χ0n) is 10.0. The van der Waals surface area contributed by atoms with Crippen molar-refractivity contribution in [1.29, 1.82) is 0 Å². The Morgan fingerprint density at radius 3 is 2.74 bits per heavy atom. The van der Waals surface area contributed by atoms with Crippen LogP contribution in [-0.2, 0) is 9.47 Å². The Labute approximate surface area is 123 Å². The molecule has 0 aromatic heterocycles. The number of hydrogen-bond donors (Lipinski definition) is 0. The molecule has 1 aromatic rings. The van der Waals surface area contributed by atoms with Gasteiger partial charge in [-0.25, -0.2) is 4.79 Å². The second-order valence-corrected chi connectivity index (χ2v) is 5.30. The summed E-state index contributed by atoms with van der Waals surface area (Å²) in [7, 11) is 0.